The monoisotopic (exact) mass is 417 g/mol. The number of H-pyrrole nitrogens is 1. The lowest BCUT2D eigenvalue weighted by Crippen LogP contribution is -2.36. The zero-order valence-corrected chi connectivity index (χ0v) is 16.0. The van der Waals surface area contributed by atoms with Crippen molar-refractivity contribution < 1.29 is 13.9 Å². The second-order valence-corrected chi connectivity index (χ2v) is 7.30. The van der Waals surface area contributed by atoms with E-state index in [1.807, 2.05) is 6.92 Å². The predicted molar refractivity (Wildman–Crippen MR) is 99.9 cm³/mol. The van der Waals surface area contributed by atoms with Gasteiger partial charge in [0.2, 0.25) is 5.88 Å². The summed E-state index contributed by atoms with van der Waals surface area (Å²) in [6.07, 6.45) is 2.24. The highest BCUT2D eigenvalue weighted by Crippen LogP contribution is 2.32. The molecule has 1 aromatic carbocycles. The standard InChI is InChI=1S/C19H17BrFN3O2/c1-10-3-4-14(21)17-16(10)13-9-24(6-5-15(13)23-17)19(25)12-7-11(20)8-22-18(12)26-2/h3-4,7-8,23H,5-6,9H2,1-2H3. The average molecular weight is 418 g/mol. The van der Waals surface area contributed by atoms with Crippen LogP contribution < -0.4 is 4.74 Å². The Morgan fingerprint density at radius 3 is 3.00 bits per heavy atom. The van der Waals surface area contributed by atoms with Gasteiger partial charge in [0.15, 0.2) is 0 Å². The van der Waals surface area contributed by atoms with Crippen LogP contribution in [0.15, 0.2) is 28.9 Å². The molecule has 0 fully saturated rings. The summed E-state index contributed by atoms with van der Waals surface area (Å²) in [6.45, 7) is 2.93. The first-order valence-electron chi connectivity index (χ1n) is 8.27. The van der Waals surface area contributed by atoms with Gasteiger partial charge in [-0.05, 0) is 40.5 Å². The number of halogens is 2. The van der Waals surface area contributed by atoms with E-state index in [0.29, 0.717) is 40.9 Å². The number of methoxy groups -OCH3 is 1. The van der Waals surface area contributed by atoms with Crippen LogP contribution in [0, 0.1) is 12.7 Å². The van der Waals surface area contributed by atoms with Gasteiger partial charge in [-0.25, -0.2) is 9.37 Å². The van der Waals surface area contributed by atoms with Gasteiger partial charge in [-0.1, -0.05) is 6.07 Å². The Bertz CT molecular complexity index is 1030. The molecule has 7 heteroatoms. The molecule has 26 heavy (non-hydrogen) atoms. The minimum atomic E-state index is -0.268. The van der Waals surface area contributed by atoms with E-state index in [-0.39, 0.29) is 11.7 Å². The van der Waals surface area contributed by atoms with Crippen molar-refractivity contribution in [1.82, 2.24) is 14.9 Å². The number of nitrogens with one attached hydrogen (secondary N) is 1. The normalized spacial score (nSPS) is 13.8. The van der Waals surface area contributed by atoms with Crippen molar-refractivity contribution >= 4 is 32.7 Å². The van der Waals surface area contributed by atoms with Gasteiger partial charge < -0.3 is 14.6 Å². The van der Waals surface area contributed by atoms with E-state index in [1.165, 1.54) is 13.2 Å². The van der Waals surface area contributed by atoms with E-state index in [1.54, 1.807) is 23.2 Å². The molecule has 4 rings (SSSR count). The molecule has 0 unspecified atom stereocenters. The molecule has 0 saturated heterocycles. The van der Waals surface area contributed by atoms with Gasteiger partial charge in [0, 0.05) is 46.8 Å². The second kappa shape index (κ2) is 6.39. The predicted octanol–water partition coefficient (Wildman–Crippen LogP) is 3.98. The lowest BCUT2D eigenvalue weighted by atomic mass is 10.0. The Balaban J connectivity index is 1.74. The van der Waals surface area contributed by atoms with Gasteiger partial charge in [-0.3, -0.25) is 4.79 Å². The van der Waals surface area contributed by atoms with Crippen LogP contribution in [0.25, 0.3) is 10.9 Å². The van der Waals surface area contributed by atoms with Crippen molar-refractivity contribution in [2.45, 2.75) is 19.9 Å². The zero-order valence-electron chi connectivity index (χ0n) is 14.4. The number of aromatic nitrogens is 2. The summed E-state index contributed by atoms with van der Waals surface area (Å²) in [7, 11) is 1.49. The number of rotatable bonds is 2. The molecule has 5 nitrogen and oxygen atoms in total. The molecule has 0 radical (unpaired) electrons. The summed E-state index contributed by atoms with van der Waals surface area (Å²) in [4.78, 5) is 22.2. The van der Waals surface area contributed by atoms with Gasteiger partial charge >= 0.3 is 0 Å². The first kappa shape index (κ1) is 17.0. The molecule has 1 amide bonds. The van der Waals surface area contributed by atoms with Gasteiger partial charge in [0.1, 0.15) is 11.4 Å². The molecule has 134 valence electrons. The number of fused-ring (bicyclic) bond motifs is 3. The van der Waals surface area contributed by atoms with E-state index >= 15 is 0 Å². The molecule has 2 aromatic heterocycles. The van der Waals surface area contributed by atoms with Gasteiger partial charge in [0.25, 0.3) is 5.91 Å². The van der Waals surface area contributed by atoms with E-state index in [9.17, 15) is 9.18 Å². The minimum Gasteiger partial charge on any atom is -0.480 e. The Kier molecular flexibility index (Phi) is 4.19. The number of pyridine rings is 1. The smallest absolute Gasteiger partial charge is 0.259 e. The number of aromatic amines is 1. The number of carbonyl (C=O) groups is 1. The highest BCUT2D eigenvalue weighted by Gasteiger charge is 2.28. The molecule has 0 aliphatic carbocycles. The summed E-state index contributed by atoms with van der Waals surface area (Å²) in [6, 6.07) is 4.96. The van der Waals surface area contributed by atoms with Crippen LogP contribution in [-0.4, -0.2) is 34.4 Å². The van der Waals surface area contributed by atoms with Crippen LogP contribution in [0.5, 0.6) is 5.88 Å². The molecule has 0 atom stereocenters. The molecular weight excluding hydrogens is 401 g/mol. The van der Waals surface area contributed by atoms with Crippen LogP contribution in [0.2, 0.25) is 0 Å². The number of nitrogens with zero attached hydrogens (tertiary/aromatic N) is 2. The van der Waals surface area contributed by atoms with E-state index < -0.39 is 0 Å². The molecule has 0 bridgehead atoms. The van der Waals surface area contributed by atoms with E-state index in [2.05, 4.69) is 25.9 Å². The summed E-state index contributed by atoms with van der Waals surface area (Å²) < 4.78 is 20.1. The Labute approximate surface area is 158 Å². The first-order chi connectivity index (χ1) is 12.5. The highest BCUT2D eigenvalue weighted by molar-refractivity contribution is 9.10. The largest absolute Gasteiger partial charge is 0.480 e. The third-order valence-corrected chi connectivity index (χ3v) is 5.25. The molecule has 0 spiro atoms. The molecule has 1 aliphatic heterocycles. The summed E-state index contributed by atoms with van der Waals surface area (Å²) >= 11 is 3.35. The average Bonchev–Trinajstić information content (AvgIpc) is 3.04. The van der Waals surface area contributed by atoms with Crippen molar-refractivity contribution in [2.75, 3.05) is 13.7 Å². The Morgan fingerprint density at radius 2 is 2.23 bits per heavy atom. The molecule has 1 N–H and O–H groups in total. The van der Waals surface area contributed by atoms with E-state index in [4.69, 9.17) is 4.74 Å². The molecule has 0 saturated carbocycles. The lowest BCUT2D eigenvalue weighted by Gasteiger charge is -2.28. The van der Waals surface area contributed by atoms with Crippen LogP contribution in [-0.2, 0) is 13.0 Å². The Hall–Kier alpha value is -2.41. The molecule has 1 aliphatic rings. The van der Waals surface area contributed by atoms with E-state index in [0.717, 1.165) is 22.2 Å². The number of ether oxygens (including phenoxy) is 1. The molecule has 3 aromatic rings. The third-order valence-electron chi connectivity index (χ3n) is 4.81. The molecule has 3 heterocycles. The Morgan fingerprint density at radius 1 is 1.42 bits per heavy atom. The topological polar surface area (TPSA) is 58.2 Å². The number of amides is 1. The summed E-state index contributed by atoms with van der Waals surface area (Å²) in [5.41, 5.74) is 3.91. The maximum Gasteiger partial charge on any atom is 0.259 e. The molecular formula is C19H17BrFN3O2. The number of hydrogen-bond acceptors (Lipinski definition) is 3. The fraction of sp³-hybridized carbons (Fsp3) is 0.263. The van der Waals surface area contributed by atoms with Crippen molar-refractivity contribution in [3.05, 3.63) is 57.1 Å². The van der Waals surface area contributed by atoms with Crippen molar-refractivity contribution in [3.63, 3.8) is 0 Å². The maximum absolute atomic E-state index is 14.2. The van der Waals surface area contributed by atoms with Gasteiger partial charge in [-0.2, -0.15) is 0 Å². The highest BCUT2D eigenvalue weighted by atomic mass is 79.9. The zero-order chi connectivity index (χ0) is 18.4. The fourth-order valence-electron chi connectivity index (χ4n) is 3.56. The van der Waals surface area contributed by atoms with Crippen LogP contribution in [0.3, 0.4) is 0 Å². The fourth-order valence-corrected chi connectivity index (χ4v) is 3.89. The lowest BCUT2D eigenvalue weighted by molar-refractivity contribution is 0.0730. The minimum absolute atomic E-state index is 0.148. The van der Waals surface area contributed by atoms with Crippen molar-refractivity contribution in [2.24, 2.45) is 0 Å². The third kappa shape index (κ3) is 2.67. The summed E-state index contributed by atoms with van der Waals surface area (Å²) in [5, 5.41) is 0.872. The van der Waals surface area contributed by atoms with Gasteiger partial charge in [-0.15, -0.1) is 0 Å². The first-order valence-corrected chi connectivity index (χ1v) is 9.06. The number of hydrogen-bond donors (Lipinski definition) is 1. The van der Waals surface area contributed by atoms with Crippen molar-refractivity contribution in [1.29, 1.82) is 0 Å². The maximum atomic E-state index is 14.2. The number of benzene rings is 1. The van der Waals surface area contributed by atoms with Crippen molar-refractivity contribution in [3.8, 4) is 5.88 Å². The SMILES string of the molecule is COc1ncc(Br)cc1C(=O)N1CCc2[nH]c3c(F)ccc(C)c3c2C1. The number of carbonyl (C=O) groups excluding carboxylic acids is 1. The number of aryl methyl sites for hydroxylation is 1. The second-order valence-electron chi connectivity index (χ2n) is 6.38. The van der Waals surface area contributed by atoms with Gasteiger partial charge in [0.05, 0.1) is 12.6 Å². The van der Waals surface area contributed by atoms with Crippen LogP contribution in [0.1, 0.15) is 27.2 Å². The van der Waals surface area contributed by atoms with Crippen LogP contribution >= 0.6 is 15.9 Å². The quantitative estimate of drug-likeness (QED) is 0.685. The van der Waals surface area contributed by atoms with Crippen LogP contribution in [0.4, 0.5) is 4.39 Å². The summed E-state index contributed by atoms with van der Waals surface area (Å²) in [5.74, 6) is -0.120.